The summed E-state index contributed by atoms with van der Waals surface area (Å²) in [5.41, 5.74) is 4.48. The number of carbonyl (C=O) groups is 1. The number of amides is 1. The Labute approximate surface area is 234 Å². The summed E-state index contributed by atoms with van der Waals surface area (Å²) >= 11 is 14.2. The van der Waals surface area contributed by atoms with Gasteiger partial charge in [0, 0.05) is 9.90 Å². The molecule has 2 aromatic carbocycles. The number of pyridine rings is 1. The molecular weight excluding hydrogens is 563 g/mol. The third-order valence-corrected chi connectivity index (χ3v) is 9.09. The average Bonchev–Trinajstić information content (AvgIpc) is 3.43. The molecule has 194 valence electrons. The first-order valence-electron chi connectivity index (χ1n) is 11.5. The van der Waals surface area contributed by atoms with Crippen molar-refractivity contribution in [3.8, 4) is 10.4 Å². The van der Waals surface area contributed by atoms with E-state index < -0.39 is 15.9 Å². The number of aromatic nitrogens is 3. The monoisotopic (exact) mass is 584 g/mol. The lowest BCUT2D eigenvalue weighted by atomic mass is 10.1. The fourth-order valence-corrected chi connectivity index (χ4v) is 6.32. The molecule has 0 aliphatic carbocycles. The quantitative estimate of drug-likeness (QED) is 0.244. The Kier molecular flexibility index (Phi) is 7.04. The normalized spacial score (nSPS) is 11.7. The van der Waals surface area contributed by atoms with E-state index in [2.05, 4.69) is 14.7 Å². The molecule has 3 heterocycles. The van der Waals surface area contributed by atoms with Gasteiger partial charge in [-0.15, -0.1) is 11.3 Å². The lowest BCUT2D eigenvalue weighted by Gasteiger charge is -2.11. The van der Waals surface area contributed by atoms with Crippen molar-refractivity contribution >= 4 is 61.6 Å². The Morgan fingerprint density at radius 1 is 0.974 bits per heavy atom. The number of nitrogens with zero attached hydrogens (tertiary/aromatic N) is 3. The van der Waals surface area contributed by atoms with E-state index in [0.717, 1.165) is 21.6 Å². The molecule has 38 heavy (non-hydrogen) atoms. The zero-order chi connectivity index (χ0) is 27.2. The molecule has 0 aliphatic rings. The van der Waals surface area contributed by atoms with Crippen molar-refractivity contribution < 1.29 is 13.2 Å². The summed E-state index contributed by atoms with van der Waals surface area (Å²) in [5, 5.41) is 0.572. The minimum Gasteiger partial charge on any atom is -0.308 e. The van der Waals surface area contributed by atoms with E-state index in [4.69, 9.17) is 23.2 Å². The van der Waals surface area contributed by atoms with Gasteiger partial charge in [-0.05, 0) is 73.9 Å². The van der Waals surface area contributed by atoms with E-state index in [-0.39, 0.29) is 10.6 Å². The highest BCUT2D eigenvalue weighted by Crippen LogP contribution is 2.34. The fourth-order valence-electron chi connectivity index (χ4n) is 4.08. The first kappa shape index (κ1) is 26.4. The van der Waals surface area contributed by atoms with Crippen molar-refractivity contribution in [1.82, 2.24) is 19.3 Å². The van der Waals surface area contributed by atoms with Crippen LogP contribution in [0, 0.1) is 20.8 Å². The summed E-state index contributed by atoms with van der Waals surface area (Å²) in [6.07, 6.45) is 0. The van der Waals surface area contributed by atoms with Gasteiger partial charge in [0.1, 0.15) is 17.0 Å². The molecule has 0 bridgehead atoms. The summed E-state index contributed by atoms with van der Waals surface area (Å²) in [6.45, 7) is 5.87. The fraction of sp³-hybridized carbons (Fsp3) is 0.148. The minimum atomic E-state index is -4.06. The summed E-state index contributed by atoms with van der Waals surface area (Å²) < 4.78 is 30.2. The van der Waals surface area contributed by atoms with Gasteiger partial charge in [0.2, 0.25) is 0 Å². The van der Waals surface area contributed by atoms with Gasteiger partial charge in [-0.25, -0.2) is 23.1 Å². The van der Waals surface area contributed by atoms with E-state index in [9.17, 15) is 13.2 Å². The number of imidazole rings is 1. The topological polar surface area (TPSA) is 94.0 Å². The zero-order valence-corrected chi connectivity index (χ0v) is 23.8. The number of aryl methyl sites for hydroxylation is 3. The standard InChI is InChI=1S/C27H22Cl2N4O3S2/c1-15-4-8-20(9-5-15)38(35,36)32-27(34)22-12-16(2)25-26(31-22)33(17(3)30-25)14-19-7-6-18(13-21(19)28)23-10-11-24(29)37-23/h4-13H,14H2,1-3H3,(H,32,34). The van der Waals surface area contributed by atoms with Crippen molar-refractivity contribution in [2.75, 3.05) is 0 Å². The van der Waals surface area contributed by atoms with Gasteiger partial charge < -0.3 is 4.57 Å². The van der Waals surface area contributed by atoms with Crippen LogP contribution in [0.1, 0.15) is 33.0 Å². The number of halogens is 2. The van der Waals surface area contributed by atoms with Crippen molar-refractivity contribution in [3.63, 3.8) is 0 Å². The van der Waals surface area contributed by atoms with Crippen LogP contribution >= 0.6 is 34.5 Å². The van der Waals surface area contributed by atoms with Crippen molar-refractivity contribution in [3.05, 3.63) is 98.2 Å². The van der Waals surface area contributed by atoms with Crippen molar-refractivity contribution in [2.45, 2.75) is 32.2 Å². The molecule has 11 heteroatoms. The molecule has 0 radical (unpaired) electrons. The Balaban J connectivity index is 1.47. The summed E-state index contributed by atoms with van der Waals surface area (Å²) in [7, 11) is -4.06. The second-order valence-electron chi connectivity index (χ2n) is 8.90. The number of hydrogen-bond donors (Lipinski definition) is 1. The number of benzene rings is 2. The van der Waals surface area contributed by atoms with Gasteiger partial charge in [0.15, 0.2) is 5.65 Å². The highest BCUT2D eigenvalue weighted by molar-refractivity contribution is 7.90. The predicted molar refractivity (Wildman–Crippen MR) is 152 cm³/mol. The molecule has 1 N–H and O–H groups in total. The molecule has 0 unspecified atom stereocenters. The third-order valence-electron chi connectivity index (χ3n) is 6.12. The lowest BCUT2D eigenvalue weighted by Crippen LogP contribution is -2.31. The van der Waals surface area contributed by atoms with Crippen LogP contribution in [0.15, 0.2) is 65.6 Å². The summed E-state index contributed by atoms with van der Waals surface area (Å²) in [5.74, 6) is -0.136. The smallest absolute Gasteiger partial charge is 0.283 e. The van der Waals surface area contributed by atoms with Crippen LogP contribution in [0.25, 0.3) is 21.6 Å². The Morgan fingerprint density at radius 3 is 2.37 bits per heavy atom. The second kappa shape index (κ2) is 10.1. The third kappa shape index (κ3) is 5.19. The average molecular weight is 586 g/mol. The molecule has 1 amide bonds. The molecule has 0 fully saturated rings. The van der Waals surface area contributed by atoms with Crippen LogP contribution in [0.5, 0.6) is 0 Å². The number of fused-ring (bicyclic) bond motifs is 1. The van der Waals surface area contributed by atoms with Gasteiger partial charge >= 0.3 is 0 Å². The van der Waals surface area contributed by atoms with Crippen LogP contribution in [0.2, 0.25) is 9.36 Å². The first-order chi connectivity index (χ1) is 18.0. The van der Waals surface area contributed by atoms with Gasteiger partial charge in [0.25, 0.3) is 15.9 Å². The molecule has 3 aromatic heterocycles. The van der Waals surface area contributed by atoms with Crippen molar-refractivity contribution in [2.24, 2.45) is 0 Å². The number of rotatable bonds is 6. The van der Waals surface area contributed by atoms with E-state index in [1.54, 1.807) is 19.1 Å². The minimum absolute atomic E-state index is 0.00181. The summed E-state index contributed by atoms with van der Waals surface area (Å²) in [4.78, 5) is 23.1. The Hall–Kier alpha value is -3.24. The predicted octanol–water partition coefficient (Wildman–Crippen LogP) is 6.56. The highest BCUT2D eigenvalue weighted by Gasteiger charge is 2.22. The number of carbonyl (C=O) groups excluding carboxylic acids is 1. The molecule has 0 aliphatic heterocycles. The highest BCUT2D eigenvalue weighted by atomic mass is 35.5. The van der Waals surface area contributed by atoms with Gasteiger partial charge in [0.05, 0.1) is 15.8 Å². The maximum absolute atomic E-state index is 13.0. The maximum atomic E-state index is 13.0. The first-order valence-corrected chi connectivity index (χ1v) is 14.6. The molecule has 0 spiro atoms. The molecule has 0 saturated carbocycles. The molecule has 7 nitrogen and oxygen atoms in total. The van der Waals surface area contributed by atoms with E-state index in [1.807, 2.05) is 48.7 Å². The molecule has 5 rings (SSSR count). The van der Waals surface area contributed by atoms with Gasteiger partial charge in [-0.1, -0.05) is 53.0 Å². The van der Waals surface area contributed by atoms with Gasteiger partial charge in [-0.2, -0.15) is 0 Å². The SMILES string of the molecule is Cc1ccc(S(=O)(=O)NC(=O)c2cc(C)c3nc(C)n(Cc4ccc(-c5ccc(Cl)s5)cc4Cl)c3n2)cc1. The number of nitrogens with one attached hydrogen (secondary N) is 1. The molecular formula is C27H22Cl2N4O3S2. The van der Waals surface area contributed by atoms with E-state index >= 15 is 0 Å². The molecule has 0 atom stereocenters. The van der Waals surface area contributed by atoms with E-state index in [0.29, 0.717) is 38.5 Å². The molecule has 5 aromatic rings. The number of sulfonamides is 1. The lowest BCUT2D eigenvalue weighted by molar-refractivity contribution is 0.0976. The maximum Gasteiger partial charge on any atom is 0.283 e. The van der Waals surface area contributed by atoms with E-state index in [1.165, 1.54) is 29.5 Å². The molecule has 0 saturated heterocycles. The number of thiophene rings is 1. The van der Waals surface area contributed by atoms with Crippen molar-refractivity contribution in [1.29, 1.82) is 0 Å². The van der Waals surface area contributed by atoms with Crippen LogP contribution in [0.4, 0.5) is 0 Å². The second-order valence-corrected chi connectivity index (χ2v) is 12.7. The van der Waals surface area contributed by atoms with Crippen LogP contribution < -0.4 is 4.72 Å². The zero-order valence-electron chi connectivity index (χ0n) is 20.6. The largest absolute Gasteiger partial charge is 0.308 e. The van der Waals surface area contributed by atoms with Crippen LogP contribution in [-0.4, -0.2) is 28.9 Å². The Morgan fingerprint density at radius 2 is 1.71 bits per heavy atom. The Bertz CT molecular complexity index is 1810. The van der Waals surface area contributed by atoms with Crippen LogP contribution in [-0.2, 0) is 16.6 Å². The summed E-state index contributed by atoms with van der Waals surface area (Å²) in [6, 6.07) is 17.4. The van der Waals surface area contributed by atoms with Gasteiger partial charge in [-0.3, -0.25) is 4.79 Å². The number of hydrogen-bond acceptors (Lipinski definition) is 6. The van der Waals surface area contributed by atoms with Crippen LogP contribution in [0.3, 0.4) is 0 Å².